The van der Waals surface area contributed by atoms with Crippen LogP contribution in [0.3, 0.4) is 0 Å². The highest BCUT2D eigenvalue weighted by Crippen LogP contribution is 2.47. The van der Waals surface area contributed by atoms with Crippen molar-refractivity contribution in [1.29, 1.82) is 0 Å². The largest absolute Gasteiger partial charge is 0.385 e. The third-order valence-electron chi connectivity index (χ3n) is 6.81. The second-order valence-corrected chi connectivity index (χ2v) is 8.42. The van der Waals surface area contributed by atoms with Gasteiger partial charge < -0.3 is 14.6 Å². The molecule has 1 aliphatic carbocycles. The molecular weight excluding hydrogens is 364 g/mol. The van der Waals surface area contributed by atoms with Gasteiger partial charge in [0, 0.05) is 31.7 Å². The molecule has 0 radical (unpaired) electrons. The van der Waals surface area contributed by atoms with Crippen molar-refractivity contribution in [2.45, 2.75) is 43.7 Å². The number of aromatic nitrogens is 3. The molecule has 2 aliphatic rings. The van der Waals surface area contributed by atoms with Crippen LogP contribution >= 0.6 is 0 Å². The highest BCUT2D eigenvalue weighted by Gasteiger charge is 2.50. The van der Waals surface area contributed by atoms with E-state index in [0.29, 0.717) is 18.5 Å². The first-order valence-electron chi connectivity index (χ1n) is 10.4. The van der Waals surface area contributed by atoms with E-state index in [1.807, 2.05) is 52.9 Å². The summed E-state index contributed by atoms with van der Waals surface area (Å²) in [5, 5.41) is 11.7. The number of piperidine rings is 1. The molecule has 1 aliphatic heterocycles. The van der Waals surface area contributed by atoms with Crippen molar-refractivity contribution in [2.75, 3.05) is 6.54 Å². The number of carbonyl (C=O) groups excluding carboxylic acids is 1. The predicted octanol–water partition coefficient (Wildman–Crippen LogP) is 3.26. The summed E-state index contributed by atoms with van der Waals surface area (Å²) >= 11 is 0. The van der Waals surface area contributed by atoms with E-state index in [9.17, 15) is 9.90 Å². The number of likely N-dealkylation sites (tertiary alicyclic amines) is 1. The average molecular weight is 390 g/mol. The zero-order chi connectivity index (χ0) is 20.0. The van der Waals surface area contributed by atoms with Gasteiger partial charge in [0.05, 0.1) is 17.5 Å². The molecule has 5 rings (SSSR count). The number of amides is 1. The highest BCUT2D eigenvalue weighted by molar-refractivity contribution is 5.96. The van der Waals surface area contributed by atoms with Gasteiger partial charge in [0.1, 0.15) is 5.52 Å². The molecule has 3 aromatic rings. The van der Waals surface area contributed by atoms with Crippen LogP contribution in [-0.4, -0.2) is 43.0 Å². The first-order chi connectivity index (χ1) is 14.1. The molecule has 6 heteroatoms. The summed E-state index contributed by atoms with van der Waals surface area (Å²) in [6.07, 6.45) is 7.99. The van der Waals surface area contributed by atoms with Crippen molar-refractivity contribution in [3.05, 3.63) is 60.0 Å². The minimum Gasteiger partial charge on any atom is -0.385 e. The lowest BCUT2D eigenvalue weighted by atomic mass is 9.66. The van der Waals surface area contributed by atoms with Crippen molar-refractivity contribution in [3.8, 4) is 0 Å². The molecule has 1 aromatic carbocycles. The van der Waals surface area contributed by atoms with Crippen LogP contribution in [0.4, 0.5) is 0 Å². The van der Waals surface area contributed by atoms with Crippen molar-refractivity contribution in [1.82, 2.24) is 19.4 Å². The summed E-state index contributed by atoms with van der Waals surface area (Å²) in [7, 11) is 1.89. The lowest BCUT2D eigenvalue weighted by Crippen LogP contribution is -2.59. The number of nitrogens with zero attached hydrogens (tertiary/aromatic N) is 4. The second kappa shape index (κ2) is 6.95. The Labute approximate surface area is 170 Å². The van der Waals surface area contributed by atoms with Gasteiger partial charge in [0.2, 0.25) is 0 Å². The Kier molecular flexibility index (Phi) is 4.39. The molecule has 1 saturated heterocycles. The number of benzene rings is 1. The van der Waals surface area contributed by atoms with E-state index in [4.69, 9.17) is 0 Å². The van der Waals surface area contributed by atoms with Crippen LogP contribution in [-0.2, 0) is 12.6 Å². The number of pyridine rings is 1. The maximum absolute atomic E-state index is 13.4. The number of hydrogen-bond acceptors (Lipinski definition) is 4. The van der Waals surface area contributed by atoms with Crippen LogP contribution < -0.4 is 0 Å². The maximum atomic E-state index is 13.4. The molecule has 1 N–H and O–H groups in total. The van der Waals surface area contributed by atoms with Crippen LogP contribution in [0.1, 0.15) is 48.0 Å². The number of aliphatic hydroxyl groups is 1. The third-order valence-corrected chi connectivity index (χ3v) is 6.81. The van der Waals surface area contributed by atoms with Gasteiger partial charge in [-0.1, -0.05) is 43.2 Å². The van der Waals surface area contributed by atoms with Gasteiger partial charge in [-0.3, -0.25) is 4.79 Å². The second-order valence-electron chi connectivity index (χ2n) is 8.42. The lowest BCUT2D eigenvalue weighted by Gasteiger charge is -2.52. The fraction of sp³-hybridized carbons (Fsp3) is 0.435. The van der Waals surface area contributed by atoms with Gasteiger partial charge in [-0.05, 0) is 30.9 Å². The lowest BCUT2D eigenvalue weighted by molar-refractivity contribution is -0.110. The molecular formula is C23H26N4O2. The van der Waals surface area contributed by atoms with Gasteiger partial charge >= 0.3 is 0 Å². The number of fused-ring (bicyclic) bond motifs is 2. The Bertz CT molecular complexity index is 1050. The minimum absolute atomic E-state index is 0.00272. The van der Waals surface area contributed by atoms with E-state index < -0.39 is 5.60 Å². The minimum atomic E-state index is -0.869. The number of hydrogen-bond donors (Lipinski definition) is 1. The summed E-state index contributed by atoms with van der Waals surface area (Å²) < 4.78 is 1.85. The molecule has 150 valence electrons. The van der Waals surface area contributed by atoms with Gasteiger partial charge in [-0.15, -0.1) is 0 Å². The standard InChI is InChI=1S/C23H26N4O2/c1-26-15-25-19-13-16(14-24-21(19)26)22(28)27-12-11-23(29,17-7-3-2-4-8-17)18-9-5-6-10-20(18)27/h2-4,7-8,13-15,18,20,29H,5-6,9-12H2,1H3/t18-,20+,23+/m0/s1. The number of rotatable bonds is 2. The Hall–Kier alpha value is -2.73. The molecule has 1 amide bonds. The zero-order valence-corrected chi connectivity index (χ0v) is 16.7. The van der Waals surface area contributed by atoms with E-state index in [2.05, 4.69) is 9.97 Å². The molecule has 0 spiro atoms. The Morgan fingerprint density at radius 2 is 1.97 bits per heavy atom. The fourth-order valence-electron chi connectivity index (χ4n) is 5.32. The van der Waals surface area contributed by atoms with E-state index in [1.54, 1.807) is 12.5 Å². The molecule has 2 fully saturated rings. The quantitative estimate of drug-likeness (QED) is 0.729. The molecule has 1 saturated carbocycles. The van der Waals surface area contributed by atoms with Crippen LogP contribution in [0.15, 0.2) is 48.9 Å². The monoisotopic (exact) mass is 390 g/mol. The van der Waals surface area contributed by atoms with Crippen molar-refractivity contribution in [3.63, 3.8) is 0 Å². The summed E-state index contributed by atoms with van der Waals surface area (Å²) in [5.74, 6) is 0.0555. The fourth-order valence-corrected chi connectivity index (χ4v) is 5.32. The van der Waals surface area contributed by atoms with Crippen LogP contribution in [0.25, 0.3) is 11.2 Å². The Morgan fingerprint density at radius 1 is 1.17 bits per heavy atom. The molecule has 0 bridgehead atoms. The molecule has 29 heavy (non-hydrogen) atoms. The summed E-state index contributed by atoms with van der Waals surface area (Å²) in [5.41, 5.74) is 2.18. The van der Waals surface area contributed by atoms with E-state index in [1.165, 1.54) is 0 Å². The number of carbonyl (C=O) groups is 1. The Balaban J connectivity index is 1.47. The van der Waals surface area contributed by atoms with Gasteiger partial charge in [0.25, 0.3) is 5.91 Å². The normalized spacial score (nSPS) is 27.0. The highest BCUT2D eigenvalue weighted by atomic mass is 16.3. The maximum Gasteiger partial charge on any atom is 0.255 e. The van der Waals surface area contributed by atoms with Crippen LogP contribution in [0.5, 0.6) is 0 Å². The molecule has 2 aromatic heterocycles. The van der Waals surface area contributed by atoms with Crippen LogP contribution in [0, 0.1) is 5.92 Å². The Morgan fingerprint density at radius 3 is 2.79 bits per heavy atom. The number of aryl methyl sites for hydroxylation is 1. The van der Waals surface area contributed by atoms with Crippen molar-refractivity contribution in [2.24, 2.45) is 13.0 Å². The molecule has 3 heterocycles. The first kappa shape index (κ1) is 18.3. The smallest absolute Gasteiger partial charge is 0.255 e. The van der Waals surface area contributed by atoms with E-state index in [-0.39, 0.29) is 17.9 Å². The summed E-state index contributed by atoms with van der Waals surface area (Å²) in [4.78, 5) is 24.2. The van der Waals surface area contributed by atoms with E-state index >= 15 is 0 Å². The third kappa shape index (κ3) is 2.94. The van der Waals surface area contributed by atoms with E-state index in [0.717, 1.165) is 42.4 Å². The SMILES string of the molecule is Cn1cnc2cc(C(=O)N3CC[C@@](O)(c4ccccc4)[C@H]4CCCC[C@H]43)cnc21. The van der Waals surface area contributed by atoms with Crippen LogP contribution in [0.2, 0.25) is 0 Å². The van der Waals surface area contributed by atoms with Gasteiger partial charge in [-0.25, -0.2) is 9.97 Å². The molecule has 0 unspecified atom stereocenters. The summed E-state index contributed by atoms with van der Waals surface area (Å²) in [6.45, 7) is 0.547. The van der Waals surface area contributed by atoms with Crippen molar-refractivity contribution < 1.29 is 9.90 Å². The molecule has 6 nitrogen and oxygen atoms in total. The van der Waals surface area contributed by atoms with Gasteiger partial charge in [0.15, 0.2) is 5.65 Å². The topological polar surface area (TPSA) is 71.2 Å². The predicted molar refractivity (Wildman–Crippen MR) is 110 cm³/mol. The average Bonchev–Trinajstić information content (AvgIpc) is 3.14. The van der Waals surface area contributed by atoms with Gasteiger partial charge in [-0.2, -0.15) is 0 Å². The first-order valence-corrected chi connectivity index (χ1v) is 10.4. The summed E-state index contributed by atoms with van der Waals surface area (Å²) in [6, 6.07) is 11.9. The number of imidazole rings is 1. The van der Waals surface area contributed by atoms with Crippen molar-refractivity contribution >= 4 is 17.1 Å². The molecule has 3 atom stereocenters. The zero-order valence-electron chi connectivity index (χ0n) is 16.7.